The van der Waals surface area contributed by atoms with Crippen molar-refractivity contribution in [3.8, 4) is 0 Å². The fourth-order valence-corrected chi connectivity index (χ4v) is 4.03. The number of quaternary nitrogens is 1. The Kier molecular flexibility index (Phi) is 4.71. The standard InChI is InChI=1S/C21H24N4O/c1-16-22-19-9-5-6-10-20(19)25(16)18-11-13-24(14-12-18)15-21(26)23-17-7-3-2-4-8-17/h2-10,18H,11-15H2,1H3,(H,23,26)/p+1. The molecule has 0 bridgehead atoms. The second-order valence-electron chi connectivity index (χ2n) is 7.09. The number of para-hydroxylation sites is 3. The average molecular weight is 349 g/mol. The molecule has 0 spiro atoms. The van der Waals surface area contributed by atoms with Crippen LogP contribution >= 0.6 is 0 Å². The zero-order chi connectivity index (χ0) is 17.9. The number of imidazole rings is 1. The number of rotatable bonds is 4. The van der Waals surface area contributed by atoms with Gasteiger partial charge in [0.2, 0.25) is 0 Å². The molecule has 26 heavy (non-hydrogen) atoms. The van der Waals surface area contributed by atoms with Crippen molar-refractivity contribution in [1.29, 1.82) is 0 Å². The molecule has 5 nitrogen and oxygen atoms in total. The van der Waals surface area contributed by atoms with E-state index < -0.39 is 0 Å². The maximum absolute atomic E-state index is 12.3. The molecule has 0 saturated carbocycles. The van der Waals surface area contributed by atoms with E-state index in [-0.39, 0.29) is 5.91 Å². The Labute approximate surface area is 153 Å². The minimum atomic E-state index is 0.0916. The number of likely N-dealkylation sites (tertiary alicyclic amines) is 1. The molecule has 0 unspecified atom stereocenters. The molecule has 1 aliphatic rings. The maximum atomic E-state index is 12.3. The molecular formula is C21H25N4O+. The molecule has 1 fully saturated rings. The minimum Gasteiger partial charge on any atom is -0.327 e. The number of amides is 1. The number of carbonyl (C=O) groups is 1. The number of piperidine rings is 1. The lowest BCUT2D eigenvalue weighted by Crippen LogP contribution is -3.14. The van der Waals surface area contributed by atoms with E-state index in [2.05, 4.69) is 35.0 Å². The summed E-state index contributed by atoms with van der Waals surface area (Å²) in [6.45, 7) is 4.65. The Morgan fingerprint density at radius 2 is 1.81 bits per heavy atom. The van der Waals surface area contributed by atoms with Crippen LogP contribution in [0.2, 0.25) is 0 Å². The number of aryl methyl sites for hydroxylation is 1. The summed E-state index contributed by atoms with van der Waals surface area (Å²) in [6, 6.07) is 18.5. The van der Waals surface area contributed by atoms with E-state index >= 15 is 0 Å². The average Bonchev–Trinajstić information content (AvgIpc) is 2.99. The molecule has 3 aromatic rings. The van der Waals surface area contributed by atoms with Gasteiger partial charge in [-0.2, -0.15) is 0 Å². The molecule has 4 rings (SSSR count). The van der Waals surface area contributed by atoms with Gasteiger partial charge in [0, 0.05) is 24.6 Å². The summed E-state index contributed by atoms with van der Waals surface area (Å²) in [5.74, 6) is 1.18. The van der Waals surface area contributed by atoms with Crippen LogP contribution < -0.4 is 10.2 Å². The van der Waals surface area contributed by atoms with Crippen LogP contribution in [0.1, 0.15) is 24.7 Å². The molecule has 1 amide bonds. The number of aromatic nitrogens is 2. The van der Waals surface area contributed by atoms with Crippen molar-refractivity contribution in [2.24, 2.45) is 0 Å². The van der Waals surface area contributed by atoms with Gasteiger partial charge in [0.25, 0.3) is 5.91 Å². The highest BCUT2D eigenvalue weighted by molar-refractivity contribution is 5.91. The van der Waals surface area contributed by atoms with E-state index in [9.17, 15) is 4.79 Å². The molecule has 1 saturated heterocycles. The van der Waals surface area contributed by atoms with Crippen LogP contribution in [0.25, 0.3) is 11.0 Å². The first-order chi connectivity index (χ1) is 12.7. The molecule has 1 aliphatic heterocycles. The number of hydrogen-bond donors (Lipinski definition) is 2. The summed E-state index contributed by atoms with van der Waals surface area (Å²) in [5.41, 5.74) is 3.16. The molecule has 134 valence electrons. The topological polar surface area (TPSA) is 51.4 Å². The van der Waals surface area contributed by atoms with Crippen molar-refractivity contribution < 1.29 is 9.69 Å². The van der Waals surface area contributed by atoms with Gasteiger partial charge in [-0.3, -0.25) is 4.79 Å². The number of hydrogen-bond acceptors (Lipinski definition) is 2. The molecule has 2 aromatic carbocycles. The van der Waals surface area contributed by atoms with Gasteiger partial charge in [0.15, 0.2) is 6.54 Å². The highest BCUT2D eigenvalue weighted by atomic mass is 16.2. The van der Waals surface area contributed by atoms with Crippen molar-refractivity contribution in [1.82, 2.24) is 9.55 Å². The number of nitrogens with zero attached hydrogens (tertiary/aromatic N) is 2. The summed E-state index contributed by atoms with van der Waals surface area (Å²) >= 11 is 0. The third-order valence-electron chi connectivity index (χ3n) is 5.27. The molecule has 0 aliphatic carbocycles. The van der Waals surface area contributed by atoms with Gasteiger partial charge < -0.3 is 14.8 Å². The Morgan fingerprint density at radius 3 is 2.58 bits per heavy atom. The first-order valence-electron chi connectivity index (χ1n) is 9.33. The van der Waals surface area contributed by atoms with Crippen LogP contribution in [-0.2, 0) is 4.79 Å². The normalized spacial score (nSPS) is 20.2. The maximum Gasteiger partial charge on any atom is 0.279 e. The summed E-state index contributed by atoms with van der Waals surface area (Å²) < 4.78 is 2.39. The summed E-state index contributed by atoms with van der Waals surface area (Å²) in [4.78, 5) is 18.3. The van der Waals surface area contributed by atoms with Gasteiger partial charge in [0.05, 0.1) is 24.1 Å². The summed E-state index contributed by atoms with van der Waals surface area (Å²) in [7, 11) is 0. The zero-order valence-electron chi connectivity index (χ0n) is 15.1. The minimum absolute atomic E-state index is 0.0916. The lowest BCUT2D eigenvalue weighted by molar-refractivity contribution is -0.897. The van der Waals surface area contributed by atoms with E-state index in [0.717, 1.165) is 43.0 Å². The van der Waals surface area contributed by atoms with Crippen molar-refractivity contribution in [2.75, 3.05) is 25.0 Å². The quantitative estimate of drug-likeness (QED) is 0.759. The van der Waals surface area contributed by atoms with Crippen LogP contribution in [-0.4, -0.2) is 35.1 Å². The number of fused-ring (bicyclic) bond motifs is 1. The fourth-order valence-electron chi connectivity index (χ4n) is 4.03. The second kappa shape index (κ2) is 7.30. The van der Waals surface area contributed by atoms with E-state index in [1.54, 1.807) is 0 Å². The number of benzene rings is 2. The predicted octanol–water partition coefficient (Wildman–Crippen LogP) is 2.20. The highest BCUT2D eigenvalue weighted by Gasteiger charge is 2.26. The second-order valence-corrected chi connectivity index (χ2v) is 7.09. The largest absolute Gasteiger partial charge is 0.327 e. The van der Waals surface area contributed by atoms with Gasteiger partial charge in [-0.1, -0.05) is 30.3 Å². The monoisotopic (exact) mass is 349 g/mol. The van der Waals surface area contributed by atoms with Gasteiger partial charge in [-0.15, -0.1) is 0 Å². The fraction of sp³-hybridized carbons (Fsp3) is 0.333. The lowest BCUT2D eigenvalue weighted by Gasteiger charge is -2.30. The van der Waals surface area contributed by atoms with Gasteiger partial charge in [-0.05, 0) is 31.2 Å². The molecule has 0 atom stereocenters. The lowest BCUT2D eigenvalue weighted by atomic mass is 10.0. The molecule has 5 heteroatoms. The van der Waals surface area contributed by atoms with E-state index in [0.29, 0.717) is 12.6 Å². The molecule has 2 heterocycles. The van der Waals surface area contributed by atoms with Crippen molar-refractivity contribution in [2.45, 2.75) is 25.8 Å². The van der Waals surface area contributed by atoms with Crippen LogP contribution in [0, 0.1) is 6.92 Å². The Bertz CT molecular complexity index is 895. The Hall–Kier alpha value is -2.66. The van der Waals surface area contributed by atoms with Gasteiger partial charge in [0.1, 0.15) is 5.82 Å². The van der Waals surface area contributed by atoms with E-state index in [1.165, 1.54) is 10.4 Å². The zero-order valence-corrected chi connectivity index (χ0v) is 15.1. The highest BCUT2D eigenvalue weighted by Crippen LogP contribution is 2.25. The predicted molar refractivity (Wildman–Crippen MR) is 103 cm³/mol. The molecular weight excluding hydrogens is 324 g/mol. The molecule has 0 radical (unpaired) electrons. The van der Waals surface area contributed by atoms with Crippen molar-refractivity contribution in [3.05, 3.63) is 60.4 Å². The third-order valence-corrected chi connectivity index (χ3v) is 5.27. The molecule has 1 aromatic heterocycles. The van der Waals surface area contributed by atoms with Crippen LogP contribution in [0.4, 0.5) is 5.69 Å². The van der Waals surface area contributed by atoms with E-state index in [1.807, 2.05) is 36.4 Å². The first-order valence-corrected chi connectivity index (χ1v) is 9.33. The van der Waals surface area contributed by atoms with Crippen LogP contribution in [0.5, 0.6) is 0 Å². The number of nitrogens with one attached hydrogen (secondary N) is 2. The Balaban J connectivity index is 1.37. The summed E-state index contributed by atoms with van der Waals surface area (Å²) in [5, 5.41) is 2.99. The first kappa shape index (κ1) is 16.8. The third kappa shape index (κ3) is 3.48. The number of anilines is 1. The van der Waals surface area contributed by atoms with Crippen LogP contribution in [0.15, 0.2) is 54.6 Å². The molecule has 2 N–H and O–H groups in total. The number of carbonyl (C=O) groups excluding carboxylic acids is 1. The van der Waals surface area contributed by atoms with Crippen LogP contribution in [0.3, 0.4) is 0 Å². The van der Waals surface area contributed by atoms with Gasteiger partial charge in [-0.25, -0.2) is 4.98 Å². The smallest absolute Gasteiger partial charge is 0.279 e. The van der Waals surface area contributed by atoms with Crippen molar-refractivity contribution in [3.63, 3.8) is 0 Å². The SMILES string of the molecule is Cc1nc2ccccc2n1C1CC[NH+](CC(=O)Nc2ccccc2)CC1. The van der Waals surface area contributed by atoms with Gasteiger partial charge >= 0.3 is 0 Å². The summed E-state index contributed by atoms with van der Waals surface area (Å²) in [6.07, 6.45) is 2.16. The Morgan fingerprint density at radius 1 is 1.12 bits per heavy atom. The van der Waals surface area contributed by atoms with E-state index in [4.69, 9.17) is 4.98 Å². The van der Waals surface area contributed by atoms with Crippen molar-refractivity contribution >= 4 is 22.6 Å².